The smallest absolute Gasteiger partial charge is 0.269 e. The van der Waals surface area contributed by atoms with E-state index in [1.54, 1.807) is 12.1 Å². The van der Waals surface area contributed by atoms with Crippen LogP contribution in [0.15, 0.2) is 24.3 Å². The van der Waals surface area contributed by atoms with E-state index in [0.29, 0.717) is 5.56 Å². The number of rotatable bonds is 3. The molecule has 6 heteroatoms. The van der Waals surface area contributed by atoms with Crippen LogP contribution >= 0.6 is 11.8 Å². The minimum Gasteiger partial charge on any atom is -0.374 e. The topological polar surface area (TPSA) is 66.6 Å². The standard InChI is InChI=1S/C11H14N2O3S/c14-11(12-5-7-17-8-6-12)9-1-3-10(4-2-9)13(15)16/h1-4,11,14H,5-8H2. The van der Waals surface area contributed by atoms with Gasteiger partial charge < -0.3 is 5.11 Å². The van der Waals surface area contributed by atoms with Gasteiger partial charge in [-0.2, -0.15) is 11.8 Å². The summed E-state index contributed by atoms with van der Waals surface area (Å²) < 4.78 is 0. The number of aliphatic hydroxyl groups is 1. The molecular formula is C11H14N2O3S. The van der Waals surface area contributed by atoms with E-state index in [-0.39, 0.29) is 5.69 Å². The highest BCUT2D eigenvalue weighted by molar-refractivity contribution is 7.99. The first-order valence-electron chi connectivity index (χ1n) is 5.43. The normalized spacial score (nSPS) is 18.9. The van der Waals surface area contributed by atoms with Gasteiger partial charge in [0.1, 0.15) is 6.23 Å². The van der Waals surface area contributed by atoms with E-state index in [0.717, 1.165) is 24.6 Å². The van der Waals surface area contributed by atoms with Crippen molar-refractivity contribution in [2.75, 3.05) is 24.6 Å². The van der Waals surface area contributed by atoms with E-state index in [9.17, 15) is 15.2 Å². The predicted octanol–water partition coefficient (Wildman–Crippen LogP) is 1.63. The van der Waals surface area contributed by atoms with Crippen molar-refractivity contribution in [3.63, 3.8) is 0 Å². The highest BCUT2D eigenvalue weighted by Gasteiger charge is 2.20. The molecule has 5 nitrogen and oxygen atoms in total. The average molecular weight is 254 g/mol. The van der Waals surface area contributed by atoms with Crippen molar-refractivity contribution in [2.45, 2.75) is 6.23 Å². The van der Waals surface area contributed by atoms with E-state index in [2.05, 4.69) is 0 Å². The van der Waals surface area contributed by atoms with Crippen LogP contribution < -0.4 is 0 Å². The molecule has 1 aliphatic heterocycles. The van der Waals surface area contributed by atoms with Gasteiger partial charge in [0.2, 0.25) is 0 Å². The van der Waals surface area contributed by atoms with E-state index in [1.807, 2.05) is 16.7 Å². The second-order valence-electron chi connectivity index (χ2n) is 3.87. The minimum atomic E-state index is -0.656. The number of hydrogen-bond acceptors (Lipinski definition) is 5. The summed E-state index contributed by atoms with van der Waals surface area (Å²) in [7, 11) is 0. The van der Waals surface area contributed by atoms with Gasteiger partial charge in [-0.1, -0.05) is 0 Å². The molecule has 0 radical (unpaired) electrons. The Labute approximate surface area is 104 Å². The second-order valence-corrected chi connectivity index (χ2v) is 5.10. The zero-order valence-corrected chi connectivity index (χ0v) is 10.1. The average Bonchev–Trinajstić information content (AvgIpc) is 2.39. The highest BCUT2D eigenvalue weighted by Crippen LogP contribution is 2.23. The third kappa shape index (κ3) is 2.96. The van der Waals surface area contributed by atoms with Crippen molar-refractivity contribution in [2.24, 2.45) is 0 Å². The largest absolute Gasteiger partial charge is 0.374 e. The fourth-order valence-corrected chi connectivity index (χ4v) is 2.73. The van der Waals surface area contributed by atoms with Crippen molar-refractivity contribution < 1.29 is 10.0 Å². The molecule has 1 atom stereocenters. The molecule has 0 amide bonds. The monoisotopic (exact) mass is 254 g/mol. The Morgan fingerprint density at radius 2 is 1.88 bits per heavy atom. The molecule has 2 rings (SSSR count). The Balaban J connectivity index is 2.07. The molecular weight excluding hydrogens is 240 g/mol. The molecule has 0 saturated carbocycles. The summed E-state index contributed by atoms with van der Waals surface area (Å²) in [6.07, 6.45) is -0.656. The van der Waals surface area contributed by atoms with Crippen LogP contribution in [0.25, 0.3) is 0 Å². The van der Waals surface area contributed by atoms with Crippen LogP contribution in [0.2, 0.25) is 0 Å². The third-order valence-electron chi connectivity index (χ3n) is 2.79. The number of aliphatic hydroxyl groups excluding tert-OH is 1. The Bertz CT molecular complexity index is 390. The zero-order valence-electron chi connectivity index (χ0n) is 9.28. The lowest BCUT2D eigenvalue weighted by Gasteiger charge is -2.30. The summed E-state index contributed by atoms with van der Waals surface area (Å²) in [5.41, 5.74) is 0.762. The minimum absolute atomic E-state index is 0.0511. The van der Waals surface area contributed by atoms with E-state index in [4.69, 9.17) is 0 Å². The third-order valence-corrected chi connectivity index (χ3v) is 3.74. The number of benzene rings is 1. The van der Waals surface area contributed by atoms with Gasteiger partial charge in [-0.05, 0) is 17.7 Å². The van der Waals surface area contributed by atoms with Gasteiger partial charge in [0, 0.05) is 36.7 Å². The molecule has 1 unspecified atom stereocenters. The van der Waals surface area contributed by atoms with Gasteiger partial charge in [-0.25, -0.2) is 0 Å². The quantitative estimate of drug-likeness (QED) is 0.656. The van der Waals surface area contributed by atoms with Gasteiger partial charge in [-0.15, -0.1) is 0 Å². The van der Waals surface area contributed by atoms with Crippen LogP contribution in [0.1, 0.15) is 11.8 Å². The maximum Gasteiger partial charge on any atom is 0.269 e. The molecule has 1 fully saturated rings. The number of nitro benzene ring substituents is 1. The maximum absolute atomic E-state index is 10.5. The van der Waals surface area contributed by atoms with Gasteiger partial charge >= 0.3 is 0 Å². The van der Waals surface area contributed by atoms with Crippen molar-refractivity contribution in [3.8, 4) is 0 Å². The Kier molecular flexibility index (Phi) is 3.98. The summed E-state index contributed by atoms with van der Waals surface area (Å²) in [4.78, 5) is 12.1. The molecule has 1 aromatic carbocycles. The summed E-state index contributed by atoms with van der Waals surface area (Å²) in [5.74, 6) is 2.04. The number of non-ortho nitro benzene ring substituents is 1. The molecule has 0 bridgehead atoms. The predicted molar refractivity (Wildman–Crippen MR) is 67.0 cm³/mol. The Morgan fingerprint density at radius 3 is 2.41 bits per heavy atom. The highest BCUT2D eigenvalue weighted by atomic mass is 32.2. The van der Waals surface area contributed by atoms with Crippen LogP contribution in [0.3, 0.4) is 0 Å². The summed E-state index contributed by atoms with van der Waals surface area (Å²) in [6, 6.07) is 6.09. The van der Waals surface area contributed by atoms with E-state index < -0.39 is 11.2 Å². The molecule has 17 heavy (non-hydrogen) atoms. The van der Waals surface area contributed by atoms with Crippen LogP contribution in [0.5, 0.6) is 0 Å². The summed E-state index contributed by atoms with van der Waals surface area (Å²) in [6.45, 7) is 1.70. The van der Waals surface area contributed by atoms with Crippen molar-refractivity contribution in [1.82, 2.24) is 4.90 Å². The van der Waals surface area contributed by atoms with Crippen LogP contribution in [-0.2, 0) is 0 Å². The lowest BCUT2D eigenvalue weighted by molar-refractivity contribution is -0.384. The SMILES string of the molecule is O=[N+]([O-])c1ccc(C(O)N2CCSCC2)cc1. The van der Waals surface area contributed by atoms with Crippen molar-refractivity contribution in [1.29, 1.82) is 0 Å². The first-order valence-corrected chi connectivity index (χ1v) is 6.58. The molecule has 1 aliphatic rings. The molecule has 0 aromatic heterocycles. The maximum atomic E-state index is 10.5. The molecule has 1 N–H and O–H groups in total. The second kappa shape index (κ2) is 5.48. The molecule has 1 heterocycles. The van der Waals surface area contributed by atoms with Crippen molar-refractivity contribution in [3.05, 3.63) is 39.9 Å². The van der Waals surface area contributed by atoms with E-state index >= 15 is 0 Å². The number of nitro groups is 1. The van der Waals surface area contributed by atoms with Gasteiger partial charge in [0.15, 0.2) is 0 Å². The zero-order chi connectivity index (χ0) is 12.3. The number of hydrogen-bond donors (Lipinski definition) is 1. The Hall–Kier alpha value is -1.11. The van der Waals surface area contributed by atoms with Gasteiger partial charge in [-0.3, -0.25) is 15.0 Å². The Morgan fingerprint density at radius 1 is 1.29 bits per heavy atom. The first kappa shape index (κ1) is 12.3. The van der Waals surface area contributed by atoms with Gasteiger partial charge in [0.25, 0.3) is 5.69 Å². The van der Waals surface area contributed by atoms with Crippen LogP contribution in [-0.4, -0.2) is 39.5 Å². The molecule has 0 spiro atoms. The molecule has 1 aromatic rings. The lowest BCUT2D eigenvalue weighted by atomic mass is 10.1. The molecule has 1 saturated heterocycles. The summed E-state index contributed by atoms with van der Waals surface area (Å²) in [5, 5.41) is 20.6. The fourth-order valence-electron chi connectivity index (χ4n) is 1.80. The lowest BCUT2D eigenvalue weighted by Crippen LogP contribution is -2.35. The molecule has 92 valence electrons. The first-order chi connectivity index (χ1) is 8.18. The molecule has 0 aliphatic carbocycles. The number of nitrogens with zero attached hydrogens (tertiary/aromatic N) is 2. The van der Waals surface area contributed by atoms with Crippen LogP contribution in [0.4, 0.5) is 5.69 Å². The summed E-state index contributed by atoms with van der Waals surface area (Å²) >= 11 is 1.88. The van der Waals surface area contributed by atoms with Gasteiger partial charge in [0.05, 0.1) is 4.92 Å². The van der Waals surface area contributed by atoms with E-state index in [1.165, 1.54) is 12.1 Å². The van der Waals surface area contributed by atoms with Crippen molar-refractivity contribution >= 4 is 17.4 Å². The fraction of sp³-hybridized carbons (Fsp3) is 0.455. The number of thioether (sulfide) groups is 1. The van der Waals surface area contributed by atoms with Crippen LogP contribution in [0, 0.1) is 10.1 Å².